The molecule has 0 radical (unpaired) electrons. The molecule has 1 N–H and O–H groups in total. The van der Waals surface area contributed by atoms with Gasteiger partial charge in [0, 0.05) is 44.3 Å². The van der Waals surface area contributed by atoms with Gasteiger partial charge in [-0.2, -0.15) is 13.2 Å². The summed E-state index contributed by atoms with van der Waals surface area (Å²) in [7, 11) is -3.16. The van der Waals surface area contributed by atoms with Crippen molar-refractivity contribution in [1.82, 2.24) is 14.5 Å². The molecule has 10 heteroatoms. The van der Waals surface area contributed by atoms with Gasteiger partial charge in [-0.15, -0.1) is 0 Å². The maximum Gasteiger partial charge on any atom is 0.391 e. The molecule has 0 spiro atoms. The van der Waals surface area contributed by atoms with E-state index < -0.39 is 22.1 Å². The first-order chi connectivity index (χ1) is 17.9. The summed E-state index contributed by atoms with van der Waals surface area (Å²) >= 11 is 0. The summed E-state index contributed by atoms with van der Waals surface area (Å²) in [4.78, 5) is 15.4. The average molecular weight is 558 g/mol. The van der Waals surface area contributed by atoms with Gasteiger partial charge < -0.3 is 5.32 Å². The highest BCUT2D eigenvalue weighted by Crippen LogP contribution is 2.43. The normalized spacial score (nSPS) is 26.0. The number of nitrogens with zero attached hydrogens (tertiary/aromatic N) is 2. The quantitative estimate of drug-likeness (QED) is 0.467. The Morgan fingerprint density at radius 3 is 2.29 bits per heavy atom. The topological polar surface area (TPSA) is 69.7 Å². The predicted molar refractivity (Wildman–Crippen MR) is 142 cm³/mol. The number of hydrogen-bond donors (Lipinski definition) is 1. The van der Waals surface area contributed by atoms with E-state index in [4.69, 9.17) is 0 Å². The minimum atomic E-state index is -4.08. The number of halogens is 3. The molecule has 214 valence electrons. The average Bonchev–Trinajstić information content (AvgIpc) is 3.24. The highest BCUT2D eigenvalue weighted by atomic mass is 32.2. The van der Waals surface area contributed by atoms with Gasteiger partial charge in [-0.25, -0.2) is 12.7 Å². The number of fused-ring (bicyclic) bond motifs is 1. The van der Waals surface area contributed by atoms with Crippen molar-refractivity contribution < 1.29 is 26.4 Å². The van der Waals surface area contributed by atoms with Crippen molar-refractivity contribution in [2.75, 3.05) is 31.9 Å². The van der Waals surface area contributed by atoms with E-state index in [-0.39, 0.29) is 42.4 Å². The largest absolute Gasteiger partial charge is 0.391 e. The van der Waals surface area contributed by atoms with E-state index in [9.17, 15) is 26.4 Å². The second-order valence-electron chi connectivity index (χ2n) is 11.7. The van der Waals surface area contributed by atoms with Gasteiger partial charge in [-0.1, -0.05) is 19.9 Å². The Balaban J connectivity index is 1.32. The molecule has 38 heavy (non-hydrogen) atoms. The lowest BCUT2D eigenvalue weighted by Gasteiger charge is -2.35. The van der Waals surface area contributed by atoms with Crippen molar-refractivity contribution in [2.24, 2.45) is 23.7 Å². The van der Waals surface area contributed by atoms with Crippen molar-refractivity contribution in [3.05, 3.63) is 34.9 Å². The van der Waals surface area contributed by atoms with Crippen LogP contribution in [-0.4, -0.2) is 61.6 Å². The zero-order chi connectivity index (χ0) is 27.7. The van der Waals surface area contributed by atoms with Crippen LogP contribution in [0.15, 0.2) is 18.2 Å². The van der Waals surface area contributed by atoms with Gasteiger partial charge in [-0.05, 0) is 86.5 Å². The Kier molecular flexibility index (Phi) is 9.14. The van der Waals surface area contributed by atoms with Crippen LogP contribution in [0.5, 0.6) is 0 Å². The van der Waals surface area contributed by atoms with Crippen LogP contribution >= 0.6 is 0 Å². The molecule has 0 bridgehead atoms. The lowest BCUT2D eigenvalue weighted by Crippen LogP contribution is -2.42. The third-order valence-electron chi connectivity index (χ3n) is 8.81. The van der Waals surface area contributed by atoms with Crippen LogP contribution in [0.4, 0.5) is 13.2 Å². The van der Waals surface area contributed by atoms with E-state index in [1.54, 1.807) is 11.2 Å². The van der Waals surface area contributed by atoms with Gasteiger partial charge in [0.1, 0.15) is 0 Å². The number of piperidine rings is 1. The number of alkyl halides is 3. The second-order valence-corrected chi connectivity index (χ2v) is 14.0. The minimum Gasteiger partial charge on any atom is -0.352 e. The van der Waals surface area contributed by atoms with Crippen LogP contribution in [0, 0.1) is 23.7 Å². The van der Waals surface area contributed by atoms with E-state index in [2.05, 4.69) is 24.1 Å². The van der Waals surface area contributed by atoms with Crippen LogP contribution in [0.1, 0.15) is 86.8 Å². The Bertz CT molecular complexity index is 1080. The zero-order valence-corrected chi connectivity index (χ0v) is 23.6. The number of carbonyl (C=O) groups excluding carboxylic acids is 1. The summed E-state index contributed by atoms with van der Waals surface area (Å²) in [6.45, 7) is 9.02. The minimum absolute atomic E-state index is 0.112. The van der Waals surface area contributed by atoms with Gasteiger partial charge in [0.15, 0.2) is 0 Å². The number of amides is 1. The fourth-order valence-electron chi connectivity index (χ4n) is 6.56. The van der Waals surface area contributed by atoms with Crippen molar-refractivity contribution in [1.29, 1.82) is 0 Å². The fourth-order valence-corrected chi connectivity index (χ4v) is 7.69. The molecule has 6 nitrogen and oxygen atoms in total. The number of nitrogens with one attached hydrogen (secondary N) is 1. The molecule has 0 aromatic heterocycles. The van der Waals surface area contributed by atoms with Crippen molar-refractivity contribution >= 4 is 15.9 Å². The molecule has 1 aromatic carbocycles. The molecule has 0 unspecified atom stereocenters. The van der Waals surface area contributed by atoms with Gasteiger partial charge in [0.2, 0.25) is 10.0 Å². The van der Waals surface area contributed by atoms with Gasteiger partial charge >= 0.3 is 6.18 Å². The molecule has 1 atom stereocenters. The Labute approximate surface area is 225 Å². The maximum atomic E-state index is 13.1. The number of hydrogen-bond acceptors (Lipinski definition) is 4. The standard InChI is InChI=1S/C28H42F3N3O3S/c1-4-38(36,37)34-13-11-20(12-14-34)16-32-27(35)22-7-10-25-23(15-22)18-33(26(25)19(2)3)17-21-5-8-24(9-6-21)28(29,30)31/h7,10,15,19-21,24,26H,4-6,8-9,11-14,16-18H2,1-3H3,(H,32,35)/t21-,24-,26-/m1/s1. The molecule has 1 aromatic rings. The SMILES string of the molecule is CCS(=O)(=O)N1CCC(CNC(=O)c2ccc3c(c2)CN(C[C@H]2CC[C@H](C(F)(F)F)CC2)[C@@H]3C(C)C)CC1. The summed E-state index contributed by atoms with van der Waals surface area (Å²) in [5.74, 6) is -0.295. The first-order valence-electron chi connectivity index (χ1n) is 14.1. The van der Waals surface area contributed by atoms with Gasteiger partial charge in [0.25, 0.3) is 5.91 Å². The number of rotatable bonds is 8. The molecule has 3 aliphatic rings. The number of carbonyl (C=O) groups is 1. The Hall–Kier alpha value is -1.65. The van der Waals surface area contributed by atoms with E-state index in [0.717, 1.165) is 24.9 Å². The summed E-state index contributed by atoms with van der Waals surface area (Å²) in [5, 5.41) is 3.04. The molecular formula is C28H42F3N3O3S. The predicted octanol–water partition coefficient (Wildman–Crippen LogP) is 5.36. The summed E-state index contributed by atoms with van der Waals surface area (Å²) in [6, 6.07) is 6.09. The van der Waals surface area contributed by atoms with E-state index >= 15 is 0 Å². The Morgan fingerprint density at radius 2 is 1.71 bits per heavy atom. The monoisotopic (exact) mass is 557 g/mol. The van der Waals surface area contributed by atoms with E-state index in [1.165, 1.54) is 5.56 Å². The van der Waals surface area contributed by atoms with Gasteiger partial charge in [0.05, 0.1) is 11.7 Å². The summed E-state index contributed by atoms with van der Waals surface area (Å²) < 4.78 is 64.9. The lowest BCUT2D eigenvalue weighted by molar-refractivity contribution is -0.184. The molecular weight excluding hydrogens is 515 g/mol. The fraction of sp³-hybridized carbons (Fsp3) is 0.750. The smallest absolute Gasteiger partial charge is 0.352 e. The van der Waals surface area contributed by atoms with Crippen LogP contribution in [-0.2, 0) is 16.6 Å². The van der Waals surface area contributed by atoms with Crippen molar-refractivity contribution in [3.63, 3.8) is 0 Å². The zero-order valence-electron chi connectivity index (χ0n) is 22.8. The van der Waals surface area contributed by atoms with Crippen LogP contribution in [0.25, 0.3) is 0 Å². The number of benzene rings is 1. The molecule has 1 aliphatic carbocycles. The highest BCUT2D eigenvalue weighted by Gasteiger charge is 2.42. The third kappa shape index (κ3) is 6.73. The van der Waals surface area contributed by atoms with Gasteiger partial charge in [-0.3, -0.25) is 9.69 Å². The molecule has 1 amide bonds. The third-order valence-corrected chi connectivity index (χ3v) is 10.7. The maximum absolute atomic E-state index is 13.1. The Morgan fingerprint density at radius 1 is 1.05 bits per heavy atom. The van der Waals surface area contributed by atoms with Crippen molar-refractivity contribution in [2.45, 2.75) is 78.1 Å². The molecule has 2 aliphatic heterocycles. The molecule has 2 fully saturated rings. The lowest BCUT2D eigenvalue weighted by atomic mass is 9.81. The summed E-state index contributed by atoms with van der Waals surface area (Å²) in [5.41, 5.74) is 2.95. The first-order valence-corrected chi connectivity index (χ1v) is 15.7. The second kappa shape index (κ2) is 11.8. The molecule has 1 saturated heterocycles. The molecule has 4 rings (SSSR count). The highest BCUT2D eigenvalue weighted by molar-refractivity contribution is 7.89. The first kappa shape index (κ1) is 29.3. The van der Waals surface area contributed by atoms with E-state index in [1.807, 2.05) is 18.2 Å². The molecule has 1 saturated carbocycles. The van der Waals surface area contributed by atoms with Crippen LogP contribution in [0.3, 0.4) is 0 Å². The van der Waals surface area contributed by atoms with Crippen molar-refractivity contribution in [3.8, 4) is 0 Å². The van der Waals surface area contributed by atoms with Crippen LogP contribution in [0.2, 0.25) is 0 Å². The number of sulfonamides is 1. The summed E-state index contributed by atoms with van der Waals surface area (Å²) in [6.07, 6.45) is -0.950. The van der Waals surface area contributed by atoms with Crippen LogP contribution < -0.4 is 5.32 Å². The van der Waals surface area contributed by atoms with E-state index in [0.29, 0.717) is 50.5 Å². The molecule has 2 heterocycles.